The molecule has 1 amide bonds. The average Bonchev–Trinajstić information content (AvgIpc) is 2.75. The normalized spacial score (nSPS) is 22.5. The first-order valence-corrected chi connectivity index (χ1v) is 7.02. The zero-order chi connectivity index (χ0) is 15.4. The van der Waals surface area contributed by atoms with Crippen molar-refractivity contribution in [3.63, 3.8) is 0 Å². The summed E-state index contributed by atoms with van der Waals surface area (Å²) in [5.74, 6) is -0.405. The molecule has 2 atom stereocenters. The molecule has 2 rings (SSSR count). The van der Waals surface area contributed by atoms with Crippen LogP contribution in [0.4, 0.5) is 4.39 Å². The monoisotopic (exact) mass is 316 g/mol. The number of aromatic amines is 1. The minimum atomic E-state index is -1.11. The van der Waals surface area contributed by atoms with E-state index in [9.17, 15) is 9.18 Å². The van der Waals surface area contributed by atoms with E-state index in [1.165, 1.54) is 13.3 Å². The molecule has 0 spiro atoms. The molecule has 0 aromatic carbocycles. The fraction of sp³-hybridized carbons (Fsp3) is 0.538. The number of amides is 1. The summed E-state index contributed by atoms with van der Waals surface area (Å²) < 4.78 is 13.8. The second-order valence-corrected chi connectivity index (χ2v) is 5.24. The summed E-state index contributed by atoms with van der Waals surface area (Å²) in [6.07, 6.45) is 0.795. The number of carbonyl (C=O) groups is 1. The van der Waals surface area contributed by atoms with E-state index in [0.29, 0.717) is 29.2 Å². The smallest absolute Gasteiger partial charge is 0.268 e. The van der Waals surface area contributed by atoms with Gasteiger partial charge >= 0.3 is 0 Å². The molecule has 6 nitrogen and oxygen atoms in total. The van der Waals surface area contributed by atoms with Crippen LogP contribution in [-0.2, 0) is 4.84 Å². The molecule has 1 fully saturated rings. The Labute approximate surface area is 127 Å². The minimum Gasteiger partial charge on any atom is -0.399 e. The van der Waals surface area contributed by atoms with E-state index < -0.39 is 18.1 Å². The molecule has 21 heavy (non-hydrogen) atoms. The topological polar surface area (TPSA) is 78.5 Å². The van der Waals surface area contributed by atoms with Crippen molar-refractivity contribution in [1.29, 1.82) is 0 Å². The summed E-state index contributed by atoms with van der Waals surface area (Å²) in [7, 11) is 1.40. The Morgan fingerprint density at radius 1 is 1.62 bits per heavy atom. The van der Waals surface area contributed by atoms with Gasteiger partial charge in [0.1, 0.15) is 19.0 Å². The summed E-state index contributed by atoms with van der Waals surface area (Å²) in [6, 6.07) is -0.506. The predicted molar refractivity (Wildman–Crippen MR) is 78.8 cm³/mol. The maximum atomic E-state index is 13.8. The number of nitrogens with zero attached hydrogens (tertiary/aromatic N) is 1. The van der Waals surface area contributed by atoms with Gasteiger partial charge in [0.15, 0.2) is 0 Å². The van der Waals surface area contributed by atoms with Gasteiger partial charge in [0.05, 0.1) is 17.3 Å². The number of halogens is 2. The number of carbonyl (C=O) groups excluding carboxylic acids is 1. The Morgan fingerprint density at radius 3 is 3.05 bits per heavy atom. The third kappa shape index (κ3) is 3.54. The molecule has 0 unspecified atom stereocenters. The molecular formula is C13H18ClFN4O2. The number of rotatable bonds is 4. The number of piperidine rings is 1. The maximum Gasteiger partial charge on any atom is 0.268 e. The lowest BCUT2D eigenvalue weighted by Crippen LogP contribution is -2.51. The predicted octanol–water partition coefficient (Wildman–Crippen LogP) is 1.39. The quantitative estimate of drug-likeness (QED) is 0.580. The summed E-state index contributed by atoms with van der Waals surface area (Å²) in [6.45, 7) is 2.66. The Bertz CT molecular complexity index is 547. The molecule has 1 saturated heterocycles. The number of nitrogens with one attached hydrogen (secondary N) is 3. The lowest BCUT2D eigenvalue weighted by Gasteiger charge is -2.27. The van der Waals surface area contributed by atoms with E-state index in [0.717, 1.165) is 0 Å². The minimum absolute atomic E-state index is 0.243. The van der Waals surface area contributed by atoms with Gasteiger partial charge in [-0.1, -0.05) is 16.8 Å². The highest BCUT2D eigenvalue weighted by molar-refractivity contribution is 6.34. The SMILES string of the molecule is CON=Cc1c(C(=O)N[C@@H]2CCNC[C@H]2F)[nH]c(C)c1Cl. The van der Waals surface area contributed by atoms with E-state index >= 15 is 0 Å². The third-order valence-corrected chi connectivity index (χ3v) is 3.87. The number of H-pyrrole nitrogens is 1. The standard InChI is InChI=1S/C13H18ClFN4O2/c1-7-11(14)8(5-17-21-2)12(18-7)13(20)19-10-3-4-16-6-9(10)15/h5,9-10,16,18H,3-4,6H2,1-2H3,(H,19,20)/t9-,10-/m1/s1. The van der Waals surface area contributed by atoms with E-state index in [-0.39, 0.29) is 12.2 Å². The Hall–Kier alpha value is -1.60. The molecular weight excluding hydrogens is 299 g/mol. The number of hydrogen-bond acceptors (Lipinski definition) is 4. The van der Waals surface area contributed by atoms with E-state index in [4.69, 9.17) is 11.6 Å². The van der Waals surface area contributed by atoms with Gasteiger partial charge in [0, 0.05) is 17.8 Å². The van der Waals surface area contributed by atoms with Crippen LogP contribution in [0.25, 0.3) is 0 Å². The van der Waals surface area contributed by atoms with Crippen molar-refractivity contribution in [3.8, 4) is 0 Å². The van der Waals surface area contributed by atoms with E-state index in [1.807, 2.05) is 0 Å². The molecule has 0 saturated carbocycles. The number of aryl methyl sites for hydroxylation is 1. The molecule has 1 aromatic rings. The molecule has 1 aliphatic rings. The van der Waals surface area contributed by atoms with Gasteiger partial charge in [0.2, 0.25) is 0 Å². The highest BCUT2D eigenvalue weighted by Gasteiger charge is 2.28. The summed E-state index contributed by atoms with van der Waals surface area (Å²) in [5, 5.41) is 9.65. The largest absolute Gasteiger partial charge is 0.399 e. The van der Waals surface area contributed by atoms with Gasteiger partial charge < -0.3 is 20.5 Å². The number of oxime groups is 1. The molecule has 0 aliphatic carbocycles. The van der Waals surface area contributed by atoms with Gasteiger partial charge in [-0.15, -0.1) is 0 Å². The van der Waals surface area contributed by atoms with Crippen molar-refractivity contribution in [2.45, 2.75) is 25.6 Å². The zero-order valence-corrected chi connectivity index (χ0v) is 12.6. The number of aromatic nitrogens is 1. The summed E-state index contributed by atoms with van der Waals surface area (Å²) in [4.78, 5) is 19.8. The van der Waals surface area contributed by atoms with Gasteiger partial charge in [-0.3, -0.25) is 4.79 Å². The first-order chi connectivity index (χ1) is 10.0. The highest BCUT2D eigenvalue weighted by atomic mass is 35.5. The maximum absolute atomic E-state index is 13.8. The molecule has 1 aromatic heterocycles. The van der Waals surface area contributed by atoms with Gasteiger partial charge in [-0.25, -0.2) is 4.39 Å². The fourth-order valence-corrected chi connectivity index (χ4v) is 2.44. The van der Waals surface area contributed by atoms with Gasteiger partial charge in [0.25, 0.3) is 5.91 Å². The van der Waals surface area contributed by atoms with Crippen molar-refractivity contribution < 1.29 is 14.0 Å². The second kappa shape index (κ2) is 6.91. The molecule has 3 N–H and O–H groups in total. The van der Waals surface area contributed by atoms with E-state index in [2.05, 4.69) is 25.6 Å². The van der Waals surface area contributed by atoms with Crippen LogP contribution >= 0.6 is 11.6 Å². The van der Waals surface area contributed by atoms with Gasteiger partial charge in [-0.05, 0) is 19.9 Å². The molecule has 0 radical (unpaired) electrons. The number of hydrogen-bond donors (Lipinski definition) is 3. The van der Waals surface area contributed by atoms with Crippen molar-refractivity contribution in [1.82, 2.24) is 15.6 Å². The van der Waals surface area contributed by atoms with Crippen molar-refractivity contribution in [3.05, 3.63) is 22.0 Å². The van der Waals surface area contributed by atoms with E-state index in [1.54, 1.807) is 6.92 Å². The Kier molecular flexibility index (Phi) is 5.19. The van der Waals surface area contributed by atoms with Crippen LogP contribution in [0.2, 0.25) is 5.02 Å². The molecule has 2 heterocycles. The fourth-order valence-electron chi connectivity index (χ4n) is 2.25. The van der Waals surface area contributed by atoms with Crippen molar-refractivity contribution in [2.75, 3.05) is 20.2 Å². The van der Waals surface area contributed by atoms with Crippen LogP contribution in [0.15, 0.2) is 5.16 Å². The third-order valence-electron chi connectivity index (χ3n) is 3.39. The molecule has 116 valence electrons. The molecule has 1 aliphatic heterocycles. The highest BCUT2D eigenvalue weighted by Crippen LogP contribution is 2.23. The Morgan fingerprint density at radius 2 is 2.38 bits per heavy atom. The molecule has 8 heteroatoms. The second-order valence-electron chi connectivity index (χ2n) is 4.86. The van der Waals surface area contributed by atoms with Crippen molar-refractivity contribution >= 4 is 23.7 Å². The molecule has 0 bridgehead atoms. The lowest BCUT2D eigenvalue weighted by atomic mass is 10.0. The first-order valence-electron chi connectivity index (χ1n) is 6.64. The lowest BCUT2D eigenvalue weighted by molar-refractivity contribution is 0.0887. The van der Waals surface area contributed by atoms with Crippen molar-refractivity contribution in [2.24, 2.45) is 5.16 Å². The first kappa shape index (κ1) is 15.8. The van der Waals surface area contributed by atoms with Crippen LogP contribution in [0, 0.1) is 6.92 Å². The van der Waals surface area contributed by atoms with Gasteiger partial charge in [-0.2, -0.15) is 0 Å². The van der Waals surface area contributed by atoms with Crippen LogP contribution in [0.5, 0.6) is 0 Å². The Balaban J connectivity index is 2.18. The zero-order valence-electron chi connectivity index (χ0n) is 11.9. The average molecular weight is 317 g/mol. The summed E-state index contributed by atoms with van der Waals surface area (Å²) >= 11 is 6.12. The van der Waals surface area contributed by atoms with Crippen LogP contribution < -0.4 is 10.6 Å². The van der Waals surface area contributed by atoms with Crippen LogP contribution in [0.1, 0.15) is 28.2 Å². The van der Waals surface area contributed by atoms with Crippen LogP contribution in [0.3, 0.4) is 0 Å². The van der Waals surface area contributed by atoms with Crippen LogP contribution in [-0.4, -0.2) is 49.5 Å². The number of alkyl halides is 1. The summed E-state index contributed by atoms with van der Waals surface area (Å²) in [5.41, 5.74) is 1.32.